The Kier molecular flexibility index (Phi) is 2.78. The minimum atomic E-state index is -0.553. The van der Waals surface area contributed by atoms with Crippen LogP contribution in [-0.2, 0) is 4.79 Å². The van der Waals surface area contributed by atoms with E-state index in [9.17, 15) is 9.90 Å². The lowest BCUT2D eigenvalue weighted by Gasteiger charge is -2.51. The number of fused-ring (bicyclic) bond motifs is 3. The van der Waals surface area contributed by atoms with Crippen LogP contribution in [0, 0.1) is 35.5 Å². The van der Waals surface area contributed by atoms with Gasteiger partial charge in [-0.05, 0) is 48.9 Å². The molecule has 1 N–H and O–H groups in total. The Labute approximate surface area is 92.1 Å². The summed E-state index contributed by atoms with van der Waals surface area (Å²) in [5.74, 6) is 2.56. The van der Waals surface area contributed by atoms with Crippen molar-refractivity contribution < 1.29 is 9.90 Å². The summed E-state index contributed by atoms with van der Waals surface area (Å²) in [6.45, 7) is 6.79. The van der Waals surface area contributed by atoms with Crippen LogP contribution in [0.15, 0.2) is 0 Å². The van der Waals surface area contributed by atoms with Gasteiger partial charge in [0.05, 0.1) is 5.92 Å². The third-order valence-electron chi connectivity index (χ3n) is 4.82. The monoisotopic (exact) mass is 210 g/mol. The Bertz CT molecular complexity index is 259. The molecule has 3 aliphatic carbocycles. The first-order valence-electron chi connectivity index (χ1n) is 6.23. The number of carbonyl (C=O) groups is 1. The standard InChI is InChI=1S/C13H22O2/c1-7(2)10-5-9-6-12(13(14)15)11(10)4-8(9)3/h7-12H,4-6H2,1-3H3,(H,14,15)/t8?,9-,10?,11+,12?/m1/s1. The number of rotatable bonds is 2. The molecule has 2 bridgehead atoms. The molecule has 0 spiro atoms. The van der Waals surface area contributed by atoms with Gasteiger partial charge in [-0.25, -0.2) is 0 Å². The van der Waals surface area contributed by atoms with E-state index < -0.39 is 5.97 Å². The van der Waals surface area contributed by atoms with Gasteiger partial charge in [0, 0.05) is 0 Å². The first-order valence-corrected chi connectivity index (χ1v) is 6.23. The van der Waals surface area contributed by atoms with E-state index in [-0.39, 0.29) is 5.92 Å². The van der Waals surface area contributed by atoms with Crippen molar-refractivity contribution in [1.82, 2.24) is 0 Å². The molecule has 3 aliphatic rings. The van der Waals surface area contributed by atoms with Crippen molar-refractivity contribution in [2.45, 2.75) is 40.0 Å². The highest BCUT2D eigenvalue weighted by Gasteiger charge is 2.48. The van der Waals surface area contributed by atoms with Gasteiger partial charge in [-0.3, -0.25) is 4.79 Å². The lowest BCUT2D eigenvalue weighted by Crippen LogP contribution is -2.46. The molecule has 0 radical (unpaired) electrons. The highest BCUT2D eigenvalue weighted by molar-refractivity contribution is 5.70. The molecule has 3 rings (SSSR count). The topological polar surface area (TPSA) is 37.3 Å². The van der Waals surface area contributed by atoms with Crippen molar-refractivity contribution in [3.63, 3.8) is 0 Å². The molecule has 0 aliphatic heterocycles. The maximum Gasteiger partial charge on any atom is 0.306 e. The van der Waals surface area contributed by atoms with Crippen LogP contribution < -0.4 is 0 Å². The first-order chi connectivity index (χ1) is 7.00. The summed E-state index contributed by atoms with van der Waals surface area (Å²) in [7, 11) is 0. The van der Waals surface area contributed by atoms with Crippen LogP contribution in [0.25, 0.3) is 0 Å². The van der Waals surface area contributed by atoms with Crippen LogP contribution in [0.3, 0.4) is 0 Å². The van der Waals surface area contributed by atoms with Gasteiger partial charge in [0.25, 0.3) is 0 Å². The van der Waals surface area contributed by atoms with Crippen LogP contribution in [0.2, 0.25) is 0 Å². The van der Waals surface area contributed by atoms with Crippen molar-refractivity contribution in [3.05, 3.63) is 0 Å². The molecule has 0 amide bonds. The average molecular weight is 210 g/mol. The molecule has 86 valence electrons. The summed E-state index contributed by atoms with van der Waals surface area (Å²) in [5, 5.41) is 9.25. The number of aliphatic carboxylic acids is 1. The van der Waals surface area contributed by atoms with Gasteiger partial charge in [-0.1, -0.05) is 20.8 Å². The summed E-state index contributed by atoms with van der Waals surface area (Å²) in [5.41, 5.74) is 0. The van der Waals surface area contributed by atoms with E-state index in [2.05, 4.69) is 20.8 Å². The van der Waals surface area contributed by atoms with E-state index in [1.807, 2.05) is 0 Å². The van der Waals surface area contributed by atoms with Crippen molar-refractivity contribution in [3.8, 4) is 0 Å². The Morgan fingerprint density at radius 2 is 1.93 bits per heavy atom. The fraction of sp³-hybridized carbons (Fsp3) is 0.923. The number of carboxylic acids is 1. The molecular weight excluding hydrogens is 188 g/mol. The Balaban J connectivity index is 2.19. The molecule has 0 aromatic heterocycles. The summed E-state index contributed by atoms with van der Waals surface area (Å²) >= 11 is 0. The quantitative estimate of drug-likeness (QED) is 0.760. The van der Waals surface area contributed by atoms with Crippen molar-refractivity contribution >= 4 is 5.97 Å². The minimum Gasteiger partial charge on any atom is -0.481 e. The molecule has 15 heavy (non-hydrogen) atoms. The predicted octanol–water partition coefficient (Wildman–Crippen LogP) is 3.03. The molecule has 2 nitrogen and oxygen atoms in total. The molecule has 0 saturated heterocycles. The SMILES string of the molecule is CC(C)C1C[C@@H]2CC(C(=O)O)[C@H]1CC2C. The highest BCUT2D eigenvalue weighted by Crippen LogP contribution is 2.53. The molecule has 5 atom stereocenters. The van der Waals surface area contributed by atoms with Crippen molar-refractivity contribution in [2.24, 2.45) is 35.5 Å². The van der Waals surface area contributed by atoms with Gasteiger partial charge >= 0.3 is 5.97 Å². The van der Waals surface area contributed by atoms with Crippen molar-refractivity contribution in [1.29, 1.82) is 0 Å². The molecular formula is C13H22O2. The highest BCUT2D eigenvalue weighted by atomic mass is 16.4. The fourth-order valence-electron chi connectivity index (χ4n) is 3.90. The van der Waals surface area contributed by atoms with Crippen LogP contribution in [0.4, 0.5) is 0 Å². The fourth-order valence-corrected chi connectivity index (χ4v) is 3.90. The van der Waals surface area contributed by atoms with Crippen molar-refractivity contribution in [2.75, 3.05) is 0 Å². The van der Waals surface area contributed by atoms with Gasteiger partial charge < -0.3 is 5.11 Å². The van der Waals surface area contributed by atoms with E-state index in [4.69, 9.17) is 0 Å². The van der Waals surface area contributed by atoms with Crippen LogP contribution in [-0.4, -0.2) is 11.1 Å². The first kappa shape index (κ1) is 11.0. The van der Waals surface area contributed by atoms with Gasteiger partial charge in [0.15, 0.2) is 0 Å². The van der Waals surface area contributed by atoms with Crippen LogP contribution in [0.5, 0.6) is 0 Å². The van der Waals surface area contributed by atoms with E-state index in [0.29, 0.717) is 23.7 Å². The molecule has 3 unspecified atom stereocenters. The third kappa shape index (κ3) is 1.79. The summed E-state index contributed by atoms with van der Waals surface area (Å²) in [6, 6.07) is 0. The van der Waals surface area contributed by atoms with Gasteiger partial charge in [0.2, 0.25) is 0 Å². The lowest BCUT2D eigenvalue weighted by atomic mass is 9.54. The predicted molar refractivity (Wildman–Crippen MR) is 59.4 cm³/mol. The van der Waals surface area contributed by atoms with E-state index in [1.165, 1.54) is 6.42 Å². The van der Waals surface area contributed by atoms with Crippen LogP contribution >= 0.6 is 0 Å². The van der Waals surface area contributed by atoms with Gasteiger partial charge in [-0.15, -0.1) is 0 Å². The molecule has 0 aromatic rings. The normalized spacial score (nSPS) is 44.7. The molecule has 0 aromatic carbocycles. The summed E-state index contributed by atoms with van der Waals surface area (Å²) in [6.07, 6.45) is 3.35. The summed E-state index contributed by atoms with van der Waals surface area (Å²) in [4.78, 5) is 11.2. The maximum absolute atomic E-state index is 11.2. The Hall–Kier alpha value is -0.530. The second-order valence-corrected chi connectivity index (χ2v) is 5.96. The zero-order valence-electron chi connectivity index (χ0n) is 9.94. The Morgan fingerprint density at radius 3 is 2.40 bits per heavy atom. The van der Waals surface area contributed by atoms with E-state index in [0.717, 1.165) is 18.8 Å². The zero-order chi connectivity index (χ0) is 11.2. The molecule has 3 fully saturated rings. The molecule has 3 saturated carbocycles. The number of carboxylic acid groups (broad SMARTS) is 1. The zero-order valence-corrected chi connectivity index (χ0v) is 9.94. The second kappa shape index (κ2) is 3.80. The molecule has 2 heteroatoms. The van der Waals surface area contributed by atoms with E-state index >= 15 is 0 Å². The summed E-state index contributed by atoms with van der Waals surface area (Å²) < 4.78 is 0. The van der Waals surface area contributed by atoms with Gasteiger partial charge in [0.1, 0.15) is 0 Å². The van der Waals surface area contributed by atoms with Gasteiger partial charge in [-0.2, -0.15) is 0 Å². The smallest absolute Gasteiger partial charge is 0.306 e. The second-order valence-electron chi connectivity index (χ2n) is 5.96. The minimum absolute atomic E-state index is 0.0488. The number of hydrogen-bond donors (Lipinski definition) is 1. The molecule has 0 heterocycles. The number of hydrogen-bond acceptors (Lipinski definition) is 1. The average Bonchev–Trinajstić information content (AvgIpc) is 2.17. The van der Waals surface area contributed by atoms with Crippen LogP contribution in [0.1, 0.15) is 40.0 Å². The maximum atomic E-state index is 11.2. The largest absolute Gasteiger partial charge is 0.481 e. The van der Waals surface area contributed by atoms with E-state index in [1.54, 1.807) is 0 Å². The lowest BCUT2D eigenvalue weighted by molar-refractivity contribution is -0.152. The third-order valence-corrected chi connectivity index (χ3v) is 4.82. The Morgan fingerprint density at radius 1 is 1.27 bits per heavy atom.